The number of hydrogen-bond donors (Lipinski definition) is 2. The van der Waals surface area contributed by atoms with E-state index in [4.69, 9.17) is 4.74 Å². The molecule has 0 spiro atoms. The lowest BCUT2D eigenvalue weighted by atomic mass is 10.0. The zero-order chi connectivity index (χ0) is 18.7. The van der Waals surface area contributed by atoms with Gasteiger partial charge in [-0.05, 0) is 25.1 Å². The molecule has 0 aliphatic heterocycles. The van der Waals surface area contributed by atoms with E-state index in [-0.39, 0.29) is 17.6 Å². The van der Waals surface area contributed by atoms with Gasteiger partial charge in [-0.2, -0.15) is 0 Å². The molecule has 3 aromatic rings. The third-order valence-electron chi connectivity index (χ3n) is 4.45. The number of aryl methyl sites for hydroxylation is 1. The van der Waals surface area contributed by atoms with Crippen LogP contribution in [0.5, 0.6) is 11.5 Å². The lowest BCUT2D eigenvalue weighted by molar-refractivity contribution is 0.380. The monoisotopic (exact) mass is 355 g/mol. The van der Waals surface area contributed by atoms with E-state index in [2.05, 4.69) is 10.3 Å². The van der Waals surface area contributed by atoms with Crippen molar-refractivity contribution in [2.24, 2.45) is 7.05 Å². The molecule has 1 aromatic heterocycles. The summed E-state index contributed by atoms with van der Waals surface area (Å²) >= 11 is 0. The summed E-state index contributed by atoms with van der Waals surface area (Å²) in [5, 5.41) is 13.7. The van der Waals surface area contributed by atoms with E-state index in [1.807, 2.05) is 24.7 Å². The fourth-order valence-electron chi connectivity index (χ4n) is 3.15. The Kier molecular flexibility index (Phi) is 5.23. The molecular weight excluding hydrogens is 333 g/mol. The zero-order valence-electron chi connectivity index (χ0n) is 15.0. The third kappa shape index (κ3) is 3.41. The van der Waals surface area contributed by atoms with Crippen molar-refractivity contribution in [3.05, 3.63) is 77.6 Å². The number of benzene rings is 2. The number of aromatic nitrogens is 2. The first-order valence-electron chi connectivity index (χ1n) is 8.36. The van der Waals surface area contributed by atoms with Crippen molar-refractivity contribution in [2.75, 3.05) is 7.11 Å². The Balaban J connectivity index is 2.02. The van der Waals surface area contributed by atoms with Crippen LogP contribution in [0.3, 0.4) is 0 Å². The number of hydrogen-bond acceptors (Lipinski definition) is 4. The van der Waals surface area contributed by atoms with Crippen molar-refractivity contribution in [3.63, 3.8) is 0 Å². The van der Waals surface area contributed by atoms with Gasteiger partial charge in [-0.15, -0.1) is 0 Å². The smallest absolute Gasteiger partial charge is 0.130 e. The molecule has 0 saturated carbocycles. The van der Waals surface area contributed by atoms with Gasteiger partial charge in [0.25, 0.3) is 0 Å². The second-order valence-corrected chi connectivity index (χ2v) is 6.13. The van der Waals surface area contributed by atoms with Crippen LogP contribution in [0, 0.1) is 5.82 Å². The van der Waals surface area contributed by atoms with Crippen LogP contribution in [0.1, 0.15) is 36.0 Å². The van der Waals surface area contributed by atoms with Gasteiger partial charge in [0.15, 0.2) is 0 Å². The highest BCUT2D eigenvalue weighted by atomic mass is 19.1. The van der Waals surface area contributed by atoms with Crippen LogP contribution in [0.25, 0.3) is 0 Å². The Hall–Kier alpha value is -2.86. The van der Waals surface area contributed by atoms with E-state index in [1.165, 1.54) is 6.07 Å². The zero-order valence-corrected chi connectivity index (χ0v) is 15.0. The summed E-state index contributed by atoms with van der Waals surface area (Å²) in [6, 6.07) is 10.9. The Bertz CT molecular complexity index is 894. The van der Waals surface area contributed by atoms with E-state index in [0.29, 0.717) is 22.7 Å². The van der Waals surface area contributed by atoms with Crippen LogP contribution in [0.2, 0.25) is 0 Å². The summed E-state index contributed by atoms with van der Waals surface area (Å²) in [5.74, 6) is 1.05. The van der Waals surface area contributed by atoms with Gasteiger partial charge >= 0.3 is 0 Å². The Morgan fingerprint density at radius 1 is 1.19 bits per heavy atom. The molecular formula is C20H22FN3O2. The quantitative estimate of drug-likeness (QED) is 0.708. The Morgan fingerprint density at radius 2 is 1.96 bits per heavy atom. The molecule has 2 unspecified atom stereocenters. The van der Waals surface area contributed by atoms with Crippen molar-refractivity contribution in [1.29, 1.82) is 0 Å². The fraction of sp³-hybridized carbons (Fsp3) is 0.250. The average Bonchev–Trinajstić information content (AvgIpc) is 3.05. The summed E-state index contributed by atoms with van der Waals surface area (Å²) in [6.07, 6.45) is 3.49. The second-order valence-electron chi connectivity index (χ2n) is 6.13. The van der Waals surface area contributed by atoms with Crippen LogP contribution in [0.4, 0.5) is 4.39 Å². The van der Waals surface area contributed by atoms with Crippen LogP contribution in [-0.4, -0.2) is 21.8 Å². The molecule has 0 aliphatic rings. The van der Waals surface area contributed by atoms with Gasteiger partial charge in [-0.3, -0.25) is 5.32 Å². The molecule has 0 fully saturated rings. The normalized spacial score (nSPS) is 13.4. The standard InChI is InChI=1S/C20H22FN3O2/c1-13(18-16(25)9-6-10-17(18)26-3)23-19(20-22-11-12-24(20)2)14-7-4-5-8-15(14)21/h4-13,19,23,25H,1-3H3. The molecule has 6 heteroatoms. The Morgan fingerprint density at radius 3 is 2.62 bits per heavy atom. The van der Waals surface area contributed by atoms with Crippen molar-refractivity contribution in [3.8, 4) is 11.5 Å². The predicted molar refractivity (Wildman–Crippen MR) is 97.7 cm³/mol. The van der Waals surface area contributed by atoms with Gasteiger partial charge < -0.3 is 14.4 Å². The third-order valence-corrected chi connectivity index (χ3v) is 4.45. The highest BCUT2D eigenvalue weighted by Gasteiger charge is 2.26. The lowest BCUT2D eigenvalue weighted by Crippen LogP contribution is -2.29. The van der Waals surface area contributed by atoms with Gasteiger partial charge in [0, 0.05) is 31.0 Å². The topological polar surface area (TPSA) is 59.3 Å². The predicted octanol–water partition coefficient (Wildman–Crippen LogP) is 3.71. The van der Waals surface area contributed by atoms with E-state index in [0.717, 1.165) is 0 Å². The van der Waals surface area contributed by atoms with Gasteiger partial charge in [0.2, 0.25) is 0 Å². The number of phenolic OH excluding ortho intramolecular Hbond substituents is 1. The number of rotatable bonds is 6. The molecule has 2 atom stereocenters. The number of imidazole rings is 1. The molecule has 0 bridgehead atoms. The van der Waals surface area contributed by atoms with Gasteiger partial charge in [0.1, 0.15) is 23.1 Å². The van der Waals surface area contributed by atoms with Crippen LogP contribution in [0.15, 0.2) is 54.9 Å². The molecule has 136 valence electrons. The molecule has 5 nitrogen and oxygen atoms in total. The average molecular weight is 355 g/mol. The molecule has 2 aromatic carbocycles. The summed E-state index contributed by atoms with van der Waals surface area (Å²) < 4.78 is 21.7. The number of nitrogens with zero attached hydrogens (tertiary/aromatic N) is 2. The molecule has 1 heterocycles. The minimum atomic E-state index is -0.490. The van der Waals surface area contributed by atoms with Crippen molar-refractivity contribution in [2.45, 2.75) is 19.0 Å². The minimum absolute atomic E-state index is 0.122. The summed E-state index contributed by atoms with van der Waals surface area (Å²) in [7, 11) is 3.42. The number of aromatic hydroxyl groups is 1. The minimum Gasteiger partial charge on any atom is -0.507 e. The molecule has 0 aliphatic carbocycles. The maximum Gasteiger partial charge on any atom is 0.130 e. The molecule has 0 amide bonds. The van der Waals surface area contributed by atoms with E-state index < -0.39 is 6.04 Å². The largest absolute Gasteiger partial charge is 0.507 e. The number of methoxy groups -OCH3 is 1. The SMILES string of the molecule is COc1cccc(O)c1C(C)NC(c1ccccc1F)c1nccn1C. The Labute approximate surface area is 152 Å². The molecule has 0 radical (unpaired) electrons. The molecule has 2 N–H and O–H groups in total. The van der Waals surface area contributed by atoms with Gasteiger partial charge in [-0.1, -0.05) is 24.3 Å². The summed E-state index contributed by atoms with van der Waals surface area (Å²) in [5.41, 5.74) is 1.11. The lowest BCUT2D eigenvalue weighted by Gasteiger charge is -2.25. The summed E-state index contributed by atoms with van der Waals surface area (Å²) in [6.45, 7) is 1.90. The number of nitrogens with one attached hydrogen (secondary N) is 1. The van der Waals surface area contributed by atoms with Crippen molar-refractivity contribution >= 4 is 0 Å². The number of ether oxygens (including phenoxy) is 1. The first-order chi connectivity index (χ1) is 12.5. The second kappa shape index (κ2) is 7.58. The molecule has 26 heavy (non-hydrogen) atoms. The number of phenols is 1. The van der Waals surface area contributed by atoms with E-state index >= 15 is 0 Å². The van der Waals surface area contributed by atoms with Gasteiger partial charge in [-0.25, -0.2) is 9.37 Å². The first-order valence-corrected chi connectivity index (χ1v) is 8.36. The highest BCUT2D eigenvalue weighted by molar-refractivity contribution is 5.46. The van der Waals surface area contributed by atoms with Crippen LogP contribution < -0.4 is 10.1 Å². The van der Waals surface area contributed by atoms with Crippen LogP contribution in [-0.2, 0) is 7.05 Å². The van der Waals surface area contributed by atoms with Gasteiger partial charge in [0.05, 0.1) is 18.7 Å². The fourth-order valence-corrected chi connectivity index (χ4v) is 3.15. The maximum absolute atomic E-state index is 14.5. The van der Waals surface area contributed by atoms with Crippen LogP contribution >= 0.6 is 0 Å². The molecule has 3 rings (SSSR count). The number of halogens is 1. The first kappa shape index (κ1) is 17.9. The maximum atomic E-state index is 14.5. The van der Waals surface area contributed by atoms with Crippen molar-refractivity contribution < 1.29 is 14.2 Å². The van der Waals surface area contributed by atoms with E-state index in [1.54, 1.807) is 49.7 Å². The molecule has 0 saturated heterocycles. The van der Waals surface area contributed by atoms with E-state index in [9.17, 15) is 9.50 Å². The van der Waals surface area contributed by atoms with Crippen molar-refractivity contribution in [1.82, 2.24) is 14.9 Å². The summed E-state index contributed by atoms with van der Waals surface area (Å²) in [4.78, 5) is 4.39. The highest BCUT2D eigenvalue weighted by Crippen LogP contribution is 2.35.